The van der Waals surface area contributed by atoms with Gasteiger partial charge in [0.2, 0.25) is 0 Å². The van der Waals surface area contributed by atoms with Gasteiger partial charge in [-0.05, 0) is 32.9 Å². The molecule has 0 fully saturated rings. The molecule has 0 N–H and O–H groups in total. The Hall–Kier alpha value is -2.12. The summed E-state index contributed by atoms with van der Waals surface area (Å²) in [6.07, 6.45) is 0. The van der Waals surface area contributed by atoms with E-state index in [1.54, 1.807) is 20.8 Å². The molecule has 21 heavy (non-hydrogen) atoms. The van der Waals surface area contributed by atoms with Crippen LogP contribution in [-0.4, -0.2) is 5.78 Å². The molecule has 1 unspecified atom stereocenters. The lowest BCUT2D eigenvalue weighted by Crippen LogP contribution is -2.14. The van der Waals surface area contributed by atoms with Crippen LogP contribution >= 0.6 is 11.6 Å². The summed E-state index contributed by atoms with van der Waals surface area (Å²) in [5.41, 5.74) is 0.882. The van der Waals surface area contributed by atoms with Crippen LogP contribution in [0.2, 0.25) is 5.02 Å². The average molecular weight is 306 g/mol. The molecule has 0 saturated heterocycles. The zero-order valence-corrected chi connectivity index (χ0v) is 12.6. The summed E-state index contributed by atoms with van der Waals surface area (Å²) in [6, 6.07) is 5.91. The molecule has 108 valence electrons. The zero-order valence-electron chi connectivity index (χ0n) is 11.8. The van der Waals surface area contributed by atoms with Gasteiger partial charge < -0.3 is 4.42 Å². The van der Waals surface area contributed by atoms with Crippen LogP contribution in [0.5, 0.6) is 0 Å². The number of hydrogen-bond donors (Lipinski definition) is 0. The number of hydrogen-bond acceptors (Lipinski definition) is 3. The second-order valence-corrected chi connectivity index (χ2v) is 5.18. The maximum Gasteiger partial charge on any atom is 0.188 e. The molecule has 0 saturated carbocycles. The number of ketones is 1. The van der Waals surface area contributed by atoms with Crippen LogP contribution in [-0.2, 0) is 0 Å². The summed E-state index contributed by atoms with van der Waals surface area (Å²) in [5, 5.41) is 9.38. The van der Waals surface area contributed by atoms with Crippen LogP contribution in [0.3, 0.4) is 0 Å². The number of benzene rings is 1. The van der Waals surface area contributed by atoms with Gasteiger partial charge in [-0.3, -0.25) is 4.79 Å². The second-order valence-electron chi connectivity index (χ2n) is 4.78. The molecular formula is C16H13ClFNO2. The quantitative estimate of drug-likeness (QED) is 0.785. The molecule has 1 aromatic carbocycles. The van der Waals surface area contributed by atoms with E-state index >= 15 is 0 Å². The minimum absolute atomic E-state index is 0.0606. The Morgan fingerprint density at radius 3 is 2.48 bits per heavy atom. The van der Waals surface area contributed by atoms with Crippen molar-refractivity contribution in [3.8, 4) is 6.07 Å². The van der Waals surface area contributed by atoms with Crippen LogP contribution in [0, 0.1) is 37.9 Å². The minimum atomic E-state index is -1.30. The van der Waals surface area contributed by atoms with E-state index in [-0.39, 0.29) is 10.6 Å². The third kappa shape index (κ3) is 2.57. The molecule has 1 atom stereocenters. The first-order valence-electron chi connectivity index (χ1n) is 6.32. The van der Waals surface area contributed by atoms with Gasteiger partial charge in [0.25, 0.3) is 0 Å². The maximum absolute atomic E-state index is 14.0. The second kappa shape index (κ2) is 5.71. The maximum atomic E-state index is 14.0. The highest BCUT2D eigenvalue weighted by molar-refractivity contribution is 6.32. The Morgan fingerprint density at radius 2 is 2.00 bits per heavy atom. The third-order valence-electron chi connectivity index (χ3n) is 3.49. The fraction of sp³-hybridized carbons (Fsp3) is 0.250. The first kappa shape index (κ1) is 15.3. The zero-order chi connectivity index (χ0) is 15.7. The topological polar surface area (TPSA) is 54.0 Å². The van der Waals surface area contributed by atoms with Crippen molar-refractivity contribution < 1.29 is 13.6 Å². The Morgan fingerprint density at radius 1 is 1.33 bits per heavy atom. The number of carbonyl (C=O) groups is 1. The summed E-state index contributed by atoms with van der Waals surface area (Å²) in [6.45, 7) is 5.11. The van der Waals surface area contributed by atoms with Crippen molar-refractivity contribution in [2.75, 3.05) is 0 Å². The Balaban J connectivity index is 2.58. The van der Waals surface area contributed by atoms with Crippen molar-refractivity contribution in [3.05, 3.63) is 57.2 Å². The van der Waals surface area contributed by atoms with E-state index in [0.29, 0.717) is 22.6 Å². The molecule has 0 aliphatic heterocycles. The standard InChI is InChI=1S/C16H13ClFNO2/c1-8-9(2)21-10(3)14(8)16(20)11(7-19)15-12(17)5-4-6-13(15)18/h4-6,11H,1-3H3. The van der Waals surface area contributed by atoms with Crippen molar-refractivity contribution >= 4 is 17.4 Å². The number of rotatable bonds is 3. The number of furan rings is 1. The van der Waals surface area contributed by atoms with Gasteiger partial charge in [0.05, 0.1) is 11.6 Å². The minimum Gasteiger partial charge on any atom is -0.466 e. The average Bonchev–Trinajstić information content (AvgIpc) is 2.67. The van der Waals surface area contributed by atoms with Gasteiger partial charge in [0.15, 0.2) is 5.78 Å². The molecule has 2 aromatic rings. The molecule has 0 aliphatic carbocycles. The highest BCUT2D eigenvalue weighted by atomic mass is 35.5. The number of Topliss-reactive ketones (excluding diaryl/α,β-unsaturated/α-hetero) is 1. The van der Waals surface area contributed by atoms with Gasteiger partial charge in [-0.15, -0.1) is 0 Å². The lowest BCUT2D eigenvalue weighted by molar-refractivity contribution is 0.0975. The van der Waals surface area contributed by atoms with Gasteiger partial charge in [-0.25, -0.2) is 4.39 Å². The smallest absolute Gasteiger partial charge is 0.188 e. The predicted molar refractivity (Wildman–Crippen MR) is 77.0 cm³/mol. The van der Waals surface area contributed by atoms with Gasteiger partial charge in [-0.1, -0.05) is 17.7 Å². The molecule has 0 bridgehead atoms. The molecule has 3 nitrogen and oxygen atoms in total. The first-order chi connectivity index (χ1) is 9.88. The van der Waals surface area contributed by atoms with E-state index in [2.05, 4.69) is 0 Å². The monoisotopic (exact) mass is 305 g/mol. The first-order valence-corrected chi connectivity index (χ1v) is 6.70. The predicted octanol–water partition coefficient (Wildman–Crippen LogP) is 4.49. The summed E-state index contributed by atoms with van der Waals surface area (Å²) in [4.78, 5) is 12.6. The summed E-state index contributed by atoms with van der Waals surface area (Å²) in [5.74, 6) is -1.45. The SMILES string of the molecule is Cc1oc(C)c(C(=O)C(C#N)c2c(F)cccc2Cl)c1C. The van der Waals surface area contributed by atoms with E-state index < -0.39 is 17.5 Å². The van der Waals surface area contributed by atoms with Crippen molar-refractivity contribution in [1.29, 1.82) is 5.26 Å². The van der Waals surface area contributed by atoms with E-state index in [9.17, 15) is 14.4 Å². The summed E-state index contributed by atoms with van der Waals surface area (Å²) < 4.78 is 19.4. The van der Waals surface area contributed by atoms with E-state index in [0.717, 1.165) is 0 Å². The van der Waals surface area contributed by atoms with E-state index in [4.69, 9.17) is 16.0 Å². The number of nitriles is 1. The van der Waals surface area contributed by atoms with Crippen molar-refractivity contribution in [1.82, 2.24) is 0 Å². The number of carbonyl (C=O) groups excluding carboxylic acids is 1. The van der Waals surface area contributed by atoms with Gasteiger partial charge in [0.1, 0.15) is 23.3 Å². The van der Waals surface area contributed by atoms with Crippen LogP contribution < -0.4 is 0 Å². The molecule has 1 heterocycles. The highest BCUT2D eigenvalue weighted by Crippen LogP contribution is 2.32. The largest absolute Gasteiger partial charge is 0.466 e. The molecule has 2 rings (SSSR count). The molecule has 0 aliphatic rings. The Labute approximate surface area is 126 Å². The Bertz CT molecular complexity index is 738. The van der Waals surface area contributed by atoms with E-state index in [1.807, 2.05) is 6.07 Å². The number of aryl methyl sites for hydroxylation is 2. The fourth-order valence-corrected chi connectivity index (χ4v) is 2.61. The molecule has 1 aromatic heterocycles. The van der Waals surface area contributed by atoms with Crippen LogP contribution in [0.4, 0.5) is 4.39 Å². The molecule has 0 amide bonds. The molecule has 0 spiro atoms. The van der Waals surface area contributed by atoms with Gasteiger partial charge in [0, 0.05) is 16.1 Å². The summed E-state index contributed by atoms with van der Waals surface area (Å²) in [7, 11) is 0. The normalized spacial score (nSPS) is 12.0. The van der Waals surface area contributed by atoms with Gasteiger partial charge in [-0.2, -0.15) is 5.26 Å². The van der Waals surface area contributed by atoms with Crippen molar-refractivity contribution in [2.45, 2.75) is 26.7 Å². The summed E-state index contributed by atoms with van der Waals surface area (Å²) >= 11 is 5.95. The molecule has 0 radical (unpaired) electrons. The van der Waals surface area contributed by atoms with E-state index in [1.165, 1.54) is 18.2 Å². The van der Waals surface area contributed by atoms with Crippen LogP contribution in [0.15, 0.2) is 22.6 Å². The molecule has 5 heteroatoms. The number of nitrogens with zero attached hydrogens (tertiary/aromatic N) is 1. The lowest BCUT2D eigenvalue weighted by atomic mass is 9.89. The lowest BCUT2D eigenvalue weighted by Gasteiger charge is -2.11. The number of halogens is 2. The van der Waals surface area contributed by atoms with Crippen molar-refractivity contribution in [2.24, 2.45) is 0 Å². The van der Waals surface area contributed by atoms with Crippen LogP contribution in [0.25, 0.3) is 0 Å². The van der Waals surface area contributed by atoms with Gasteiger partial charge >= 0.3 is 0 Å². The third-order valence-corrected chi connectivity index (χ3v) is 3.82. The van der Waals surface area contributed by atoms with Crippen LogP contribution in [0.1, 0.15) is 38.9 Å². The Kier molecular flexibility index (Phi) is 4.15. The highest BCUT2D eigenvalue weighted by Gasteiger charge is 2.30. The fourth-order valence-electron chi connectivity index (χ4n) is 2.34. The van der Waals surface area contributed by atoms with Crippen molar-refractivity contribution in [3.63, 3.8) is 0 Å². The molecular weight excluding hydrogens is 293 g/mol.